The molecule has 0 bridgehead atoms. The quantitative estimate of drug-likeness (QED) is 0.555. The van der Waals surface area contributed by atoms with Crippen molar-refractivity contribution in [2.45, 2.75) is 12.3 Å². The summed E-state index contributed by atoms with van der Waals surface area (Å²) in [6, 6.07) is 3.23. The zero-order valence-electron chi connectivity index (χ0n) is 8.05. The Balaban J connectivity index is 2.62. The van der Waals surface area contributed by atoms with Crippen LogP contribution in [0.5, 0.6) is 0 Å². The third-order valence-corrected chi connectivity index (χ3v) is 1.88. The number of nitrogens with one attached hydrogen (secondary N) is 1. The van der Waals surface area contributed by atoms with Gasteiger partial charge in [0, 0.05) is 6.54 Å². The first-order valence-corrected chi connectivity index (χ1v) is 4.34. The van der Waals surface area contributed by atoms with Crippen LogP contribution < -0.4 is 11.1 Å². The molecule has 0 aliphatic heterocycles. The number of aliphatic hydroxyl groups excluding tert-OH is 1. The van der Waals surface area contributed by atoms with E-state index in [2.05, 4.69) is 5.32 Å². The minimum absolute atomic E-state index is 0.0191. The highest BCUT2D eigenvalue weighted by Crippen LogP contribution is 2.22. The van der Waals surface area contributed by atoms with E-state index < -0.39 is 24.6 Å². The van der Waals surface area contributed by atoms with Gasteiger partial charge in [-0.25, -0.2) is 4.39 Å². The number of alkyl halides is 3. The molecule has 0 aliphatic rings. The van der Waals surface area contributed by atoms with E-state index in [1.807, 2.05) is 0 Å². The molecule has 1 unspecified atom stereocenters. The molecule has 3 nitrogen and oxygen atoms in total. The molecule has 7 heteroatoms. The first kappa shape index (κ1) is 12.6. The van der Waals surface area contributed by atoms with Crippen molar-refractivity contribution < 1.29 is 22.7 Å². The highest BCUT2D eigenvalue weighted by atomic mass is 19.4. The molecule has 0 amide bonds. The number of aliphatic hydroxyl groups is 1. The molecule has 0 spiro atoms. The molecule has 0 radical (unpaired) electrons. The molecule has 1 atom stereocenters. The average molecular weight is 238 g/mol. The summed E-state index contributed by atoms with van der Waals surface area (Å²) in [5.74, 6) is -0.584. The van der Waals surface area contributed by atoms with E-state index in [0.29, 0.717) is 0 Å². The Labute approximate surface area is 88.9 Å². The van der Waals surface area contributed by atoms with Crippen LogP contribution in [0.1, 0.15) is 0 Å². The molecule has 0 saturated heterocycles. The summed E-state index contributed by atoms with van der Waals surface area (Å²) < 4.78 is 48.4. The highest BCUT2D eigenvalue weighted by molar-refractivity contribution is 5.65. The van der Waals surface area contributed by atoms with Gasteiger partial charge < -0.3 is 16.2 Å². The van der Waals surface area contributed by atoms with E-state index in [4.69, 9.17) is 10.8 Å². The number of anilines is 2. The van der Waals surface area contributed by atoms with Crippen LogP contribution in [-0.2, 0) is 0 Å². The second-order valence-corrected chi connectivity index (χ2v) is 3.17. The van der Waals surface area contributed by atoms with Crippen LogP contribution in [0.2, 0.25) is 0 Å². The lowest BCUT2D eigenvalue weighted by atomic mass is 10.2. The molecule has 1 aromatic carbocycles. The smallest absolute Gasteiger partial charge is 0.397 e. The van der Waals surface area contributed by atoms with Crippen LogP contribution >= 0.6 is 0 Å². The zero-order valence-corrected chi connectivity index (χ0v) is 8.05. The summed E-state index contributed by atoms with van der Waals surface area (Å²) in [4.78, 5) is 0. The van der Waals surface area contributed by atoms with Gasteiger partial charge in [0.1, 0.15) is 5.82 Å². The van der Waals surface area contributed by atoms with Gasteiger partial charge in [0.05, 0.1) is 11.4 Å². The Morgan fingerprint density at radius 2 is 2.00 bits per heavy atom. The number of hydrogen-bond acceptors (Lipinski definition) is 3. The maximum atomic E-state index is 12.6. The molecule has 0 heterocycles. The van der Waals surface area contributed by atoms with Crippen molar-refractivity contribution in [3.8, 4) is 0 Å². The standard InChI is InChI=1S/C9H10F4N2O/c10-5-1-2-7(6(14)3-5)15-4-8(16)9(11,12)13/h1-3,8,15-16H,4,14H2. The lowest BCUT2D eigenvalue weighted by Gasteiger charge is -2.16. The molecular weight excluding hydrogens is 228 g/mol. The van der Waals surface area contributed by atoms with Gasteiger partial charge in [-0.3, -0.25) is 0 Å². The van der Waals surface area contributed by atoms with E-state index in [-0.39, 0.29) is 11.4 Å². The van der Waals surface area contributed by atoms with Crippen LogP contribution in [0.25, 0.3) is 0 Å². The summed E-state index contributed by atoms with van der Waals surface area (Å²) in [7, 11) is 0. The molecule has 0 aromatic heterocycles. The zero-order chi connectivity index (χ0) is 12.3. The molecule has 4 N–H and O–H groups in total. The van der Waals surface area contributed by atoms with E-state index >= 15 is 0 Å². The average Bonchev–Trinajstić information content (AvgIpc) is 2.14. The normalized spacial score (nSPS) is 13.6. The Morgan fingerprint density at radius 1 is 1.38 bits per heavy atom. The molecule has 0 fully saturated rings. The van der Waals surface area contributed by atoms with E-state index in [9.17, 15) is 17.6 Å². The summed E-state index contributed by atoms with van der Waals surface area (Å²) in [5.41, 5.74) is 5.48. The van der Waals surface area contributed by atoms with Gasteiger partial charge in [-0.05, 0) is 18.2 Å². The van der Waals surface area contributed by atoms with Crippen molar-refractivity contribution in [2.75, 3.05) is 17.6 Å². The molecule has 1 rings (SSSR count). The number of benzene rings is 1. The van der Waals surface area contributed by atoms with Gasteiger partial charge in [0.2, 0.25) is 0 Å². The van der Waals surface area contributed by atoms with Crippen molar-refractivity contribution in [3.05, 3.63) is 24.0 Å². The molecule has 0 saturated carbocycles. The van der Waals surface area contributed by atoms with Gasteiger partial charge >= 0.3 is 6.18 Å². The predicted octanol–water partition coefficient (Wildman–Crippen LogP) is 1.74. The van der Waals surface area contributed by atoms with Gasteiger partial charge in [-0.2, -0.15) is 13.2 Å². The van der Waals surface area contributed by atoms with Crippen molar-refractivity contribution in [2.24, 2.45) is 0 Å². The van der Waals surface area contributed by atoms with Crippen LogP contribution in [0.15, 0.2) is 18.2 Å². The largest absolute Gasteiger partial charge is 0.416 e. The Kier molecular flexibility index (Phi) is 3.58. The molecular formula is C9H10F4N2O. The SMILES string of the molecule is Nc1cc(F)ccc1NCC(O)C(F)(F)F. The molecule has 16 heavy (non-hydrogen) atoms. The summed E-state index contributed by atoms with van der Waals surface area (Å²) in [6.45, 7) is -0.737. The van der Waals surface area contributed by atoms with Gasteiger partial charge in [0.25, 0.3) is 0 Å². The topological polar surface area (TPSA) is 58.3 Å². The van der Waals surface area contributed by atoms with Crippen LogP contribution in [-0.4, -0.2) is 23.9 Å². The number of nitrogen functional groups attached to an aromatic ring is 1. The number of halogens is 4. The Bertz CT molecular complexity index is 367. The van der Waals surface area contributed by atoms with Crippen molar-refractivity contribution in [1.29, 1.82) is 0 Å². The third-order valence-electron chi connectivity index (χ3n) is 1.88. The van der Waals surface area contributed by atoms with Gasteiger partial charge in [0.15, 0.2) is 6.10 Å². The third kappa shape index (κ3) is 3.27. The monoisotopic (exact) mass is 238 g/mol. The lowest BCUT2D eigenvalue weighted by Crippen LogP contribution is -2.35. The van der Waals surface area contributed by atoms with E-state index in [1.54, 1.807) is 0 Å². The summed E-state index contributed by atoms with van der Waals surface area (Å²) in [6.07, 6.45) is -7.18. The fourth-order valence-electron chi connectivity index (χ4n) is 1.02. The van der Waals surface area contributed by atoms with Crippen molar-refractivity contribution in [3.63, 3.8) is 0 Å². The first-order valence-electron chi connectivity index (χ1n) is 4.34. The van der Waals surface area contributed by atoms with Crippen LogP contribution in [0, 0.1) is 5.82 Å². The van der Waals surface area contributed by atoms with Gasteiger partial charge in [-0.1, -0.05) is 0 Å². The van der Waals surface area contributed by atoms with Crippen molar-refractivity contribution >= 4 is 11.4 Å². The summed E-state index contributed by atoms with van der Waals surface area (Å²) >= 11 is 0. The molecule has 1 aromatic rings. The van der Waals surface area contributed by atoms with E-state index in [0.717, 1.165) is 12.1 Å². The van der Waals surface area contributed by atoms with E-state index in [1.165, 1.54) is 6.07 Å². The maximum absolute atomic E-state index is 12.6. The molecule has 0 aliphatic carbocycles. The Morgan fingerprint density at radius 3 is 2.50 bits per heavy atom. The second kappa shape index (κ2) is 4.56. The van der Waals surface area contributed by atoms with Crippen molar-refractivity contribution in [1.82, 2.24) is 0 Å². The van der Waals surface area contributed by atoms with Crippen LogP contribution in [0.4, 0.5) is 28.9 Å². The second-order valence-electron chi connectivity index (χ2n) is 3.17. The Hall–Kier alpha value is -1.50. The fraction of sp³-hybridized carbons (Fsp3) is 0.333. The first-order chi connectivity index (χ1) is 7.30. The number of nitrogens with two attached hydrogens (primary N) is 1. The van der Waals surface area contributed by atoms with Crippen LogP contribution in [0.3, 0.4) is 0 Å². The minimum atomic E-state index is -4.69. The summed E-state index contributed by atoms with van der Waals surface area (Å²) in [5, 5.41) is 11.0. The van der Waals surface area contributed by atoms with Gasteiger partial charge in [-0.15, -0.1) is 0 Å². The number of hydrogen-bond donors (Lipinski definition) is 3. The highest BCUT2D eigenvalue weighted by Gasteiger charge is 2.37. The minimum Gasteiger partial charge on any atom is -0.397 e. The molecule has 90 valence electrons. The predicted molar refractivity (Wildman–Crippen MR) is 51.4 cm³/mol. The lowest BCUT2D eigenvalue weighted by molar-refractivity contribution is -0.198. The number of rotatable bonds is 3. The fourth-order valence-corrected chi connectivity index (χ4v) is 1.02. The maximum Gasteiger partial charge on any atom is 0.416 e.